The number of carbonyl (C=O) groups excluding carboxylic acids is 2. The Morgan fingerprint density at radius 3 is 2.74 bits per heavy atom. The highest BCUT2D eigenvalue weighted by Crippen LogP contribution is 2.11. The van der Waals surface area contributed by atoms with E-state index in [1.807, 2.05) is 24.3 Å². The fraction of sp³-hybridized carbons (Fsp3) is 0.385. The molecule has 0 spiro atoms. The van der Waals surface area contributed by atoms with Crippen LogP contribution in [0.15, 0.2) is 24.3 Å². The lowest BCUT2D eigenvalue weighted by Gasteiger charge is -2.08. The average Bonchev–Trinajstić information content (AvgIpc) is 2.43. The first-order valence-corrected chi connectivity index (χ1v) is 5.96. The van der Waals surface area contributed by atoms with Gasteiger partial charge in [0.25, 0.3) is 0 Å². The van der Waals surface area contributed by atoms with Crippen molar-refractivity contribution in [3.63, 3.8) is 0 Å². The second kappa shape index (κ2) is 7.97. The predicted octanol–water partition coefficient (Wildman–Crippen LogP) is 1.06. The van der Waals surface area contributed by atoms with Crippen LogP contribution in [0.25, 0.3) is 0 Å². The van der Waals surface area contributed by atoms with Crippen LogP contribution in [0.3, 0.4) is 0 Å². The quantitative estimate of drug-likeness (QED) is 0.755. The number of rotatable bonds is 6. The molecule has 0 radical (unpaired) electrons. The van der Waals surface area contributed by atoms with Gasteiger partial charge in [0, 0.05) is 6.54 Å². The number of methoxy groups -OCH3 is 1. The van der Waals surface area contributed by atoms with Gasteiger partial charge in [0.1, 0.15) is 12.3 Å². The highest BCUT2D eigenvalue weighted by atomic mass is 16.5. The molecule has 0 unspecified atom stereocenters. The zero-order chi connectivity index (χ0) is 14.1. The van der Waals surface area contributed by atoms with Crippen LogP contribution in [-0.2, 0) is 16.1 Å². The van der Waals surface area contributed by atoms with Gasteiger partial charge in [-0.05, 0) is 24.6 Å². The lowest BCUT2D eigenvalue weighted by Crippen LogP contribution is -2.38. The first kappa shape index (κ1) is 14.8. The number of urea groups is 1. The van der Waals surface area contributed by atoms with Gasteiger partial charge in [0.2, 0.25) is 0 Å². The number of esters is 1. The van der Waals surface area contributed by atoms with E-state index >= 15 is 0 Å². The van der Waals surface area contributed by atoms with E-state index in [0.717, 1.165) is 11.3 Å². The van der Waals surface area contributed by atoms with Crippen molar-refractivity contribution >= 4 is 12.0 Å². The van der Waals surface area contributed by atoms with E-state index in [4.69, 9.17) is 4.74 Å². The SMILES string of the molecule is CCOC(=O)CNC(=O)NCc1cccc(OC)c1. The molecule has 0 fully saturated rings. The van der Waals surface area contributed by atoms with E-state index in [1.54, 1.807) is 14.0 Å². The molecule has 104 valence electrons. The van der Waals surface area contributed by atoms with Gasteiger partial charge in [-0.15, -0.1) is 0 Å². The van der Waals surface area contributed by atoms with E-state index in [9.17, 15) is 9.59 Å². The van der Waals surface area contributed by atoms with Crippen LogP contribution in [0.4, 0.5) is 4.79 Å². The van der Waals surface area contributed by atoms with Crippen LogP contribution < -0.4 is 15.4 Å². The Bertz CT molecular complexity index is 434. The maximum atomic E-state index is 11.4. The summed E-state index contributed by atoms with van der Waals surface area (Å²) in [6.07, 6.45) is 0. The molecule has 0 saturated heterocycles. The van der Waals surface area contributed by atoms with Gasteiger partial charge < -0.3 is 20.1 Å². The van der Waals surface area contributed by atoms with Gasteiger partial charge >= 0.3 is 12.0 Å². The molecule has 0 heterocycles. The number of carbonyl (C=O) groups is 2. The van der Waals surface area contributed by atoms with Gasteiger partial charge in [-0.25, -0.2) is 4.79 Å². The molecule has 2 N–H and O–H groups in total. The summed E-state index contributed by atoms with van der Waals surface area (Å²) in [6.45, 7) is 2.22. The van der Waals surface area contributed by atoms with Gasteiger partial charge in [-0.2, -0.15) is 0 Å². The topological polar surface area (TPSA) is 76.7 Å². The molecule has 19 heavy (non-hydrogen) atoms. The lowest BCUT2D eigenvalue weighted by atomic mass is 10.2. The van der Waals surface area contributed by atoms with Gasteiger partial charge in [-0.3, -0.25) is 4.79 Å². The molecular formula is C13H18N2O4. The Morgan fingerprint density at radius 2 is 2.05 bits per heavy atom. The Balaban J connectivity index is 2.31. The first-order valence-electron chi connectivity index (χ1n) is 5.96. The molecule has 1 rings (SSSR count). The third kappa shape index (κ3) is 5.76. The molecule has 0 aromatic heterocycles. The first-order chi connectivity index (χ1) is 9.15. The molecule has 6 nitrogen and oxygen atoms in total. The van der Waals surface area contributed by atoms with Gasteiger partial charge in [0.15, 0.2) is 0 Å². The van der Waals surface area contributed by atoms with Crippen molar-refractivity contribution in [1.29, 1.82) is 0 Å². The molecule has 1 aromatic carbocycles. The molecule has 0 atom stereocenters. The standard InChI is InChI=1S/C13H18N2O4/c1-3-19-12(16)9-15-13(17)14-8-10-5-4-6-11(7-10)18-2/h4-7H,3,8-9H2,1-2H3,(H2,14,15,17). The lowest BCUT2D eigenvalue weighted by molar-refractivity contribution is -0.141. The number of hydrogen-bond donors (Lipinski definition) is 2. The largest absolute Gasteiger partial charge is 0.497 e. The number of ether oxygens (including phenoxy) is 2. The van der Waals surface area contributed by atoms with Crippen molar-refractivity contribution in [2.24, 2.45) is 0 Å². The van der Waals surface area contributed by atoms with Crippen LogP contribution in [0.2, 0.25) is 0 Å². The van der Waals surface area contributed by atoms with Gasteiger partial charge in [-0.1, -0.05) is 12.1 Å². The molecule has 1 aromatic rings. The molecule has 0 aliphatic heterocycles. The normalized spacial score (nSPS) is 9.58. The van der Waals surface area contributed by atoms with E-state index in [2.05, 4.69) is 15.4 Å². The minimum atomic E-state index is -0.459. The van der Waals surface area contributed by atoms with E-state index in [0.29, 0.717) is 13.2 Å². The molecule has 0 bridgehead atoms. The molecule has 0 saturated carbocycles. The zero-order valence-corrected chi connectivity index (χ0v) is 11.1. The number of nitrogens with one attached hydrogen (secondary N) is 2. The smallest absolute Gasteiger partial charge is 0.325 e. The Labute approximate surface area is 112 Å². The monoisotopic (exact) mass is 266 g/mol. The third-order valence-corrected chi connectivity index (χ3v) is 2.29. The third-order valence-electron chi connectivity index (χ3n) is 2.29. The molecular weight excluding hydrogens is 248 g/mol. The second-order valence-electron chi connectivity index (χ2n) is 3.69. The summed E-state index contributed by atoms with van der Waals surface area (Å²) in [5.41, 5.74) is 0.908. The van der Waals surface area contributed by atoms with E-state index in [-0.39, 0.29) is 6.54 Å². The van der Waals surface area contributed by atoms with Crippen molar-refractivity contribution in [2.45, 2.75) is 13.5 Å². The summed E-state index contributed by atoms with van der Waals surface area (Å²) in [6, 6.07) is 6.94. The predicted molar refractivity (Wildman–Crippen MR) is 69.9 cm³/mol. The maximum Gasteiger partial charge on any atom is 0.325 e. The summed E-state index contributed by atoms with van der Waals surface area (Å²) in [4.78, 5) is 22.4. The van der Waals surface area contributed by atoms with Crippen LogP contribution in [0.5, 0.6) is 5.75 Å². The van der Waals surface area contributed by atoms with Crippen LogP contribution >= 0.6 is 0 Å². The summed E-state index contributed by atoms with van der Waals surface area (Å²) in [7, 11) is 1.58. The van der Waals surface area contributed by atoms with Crippen LogP contribution in [0.1, 0.15) is 12.5 Å². The minimum absolute atomic E-state index is 0.141. The number of amides is 2. The van der Waals surface area contributed by atoms with Crippen molar-refractivity contribution in [3.05, 3.63) is 29.8 Å². The Kier molecular flexibility index (Phi) is 6.21. The number of benzene rings is 1. The summed E-state index contributed by atoms with van der Waals surface area (Å²) < 4.78 is 9.77. The van der Waals surface area contributed by atoms with E-state index < -0.39 is 12.0 Å². The Hall–Kier alpha value is -2.24. The Morgan fingerprint density at radius 1 is 1.26 bits per heavy atom. The average molecular weight is 266 g/mol. The van der Waals surface area contributed by atoms with E-state index in [1.165, 1.54) is 0 Å². The minimum Gasteiger partial charge on any atom is -0.497 e. The summed E-state index contributed by atoms with van der Waals surface area (Å²) in [5, 5.41) is 5.04. The van der Waals surface area contributed by atoms with Gasteiger partial charge in [0.05, 0.1) is 13.7 Å². The van der Waals surface area contributed by atoms with Crippen molar-refractivity contribution in [1.82, 2.24) is 10.6 Å². The van der Waals surface area contributed by atoms with Crippen molar-refractivity contribution in [3.8, 4) is 5.75 Å². The fourth-order valence-electron chi connectivity index (χ4n) is 1.39. The molecule has 2 amide bonds. The van der Waals surface area contributed by atoms with Crippen LogP contribution in [0, 0.1) is 0 Å². The van der Waals surface area contributed by atoms with Crippen LogP contribution in [-0.4, -0.2) is 32.3 Å². The molecule has 6 heteroatoms. The molecule has 0 aliphatic carbocycles. The molecule has 0 aliphatic rings. The zero-order valence-electron chi connectivity index (χ0n) is 11.1. The summed E-state index contributed by atoms with van der Waals surface area (Å²) >= 11 is 0. The van der Waals surface area contributed by atoms with Crippen molar-refractivity contribution < 1.29 is 19.1 Å². The van der Waals surface area contributed by atoms with Crippen molar-refractivity contribution in [2.75, 3.05) is 20.3 Å². The summed E-state index contributed by atoms with van der Waals surface area (Å²) in [5.74, 6) is 0.269. The highest BCUT2D eigenvalue weighted by Gasteiger charge is 2.05. The maximum absolute atomic E-state index is 11.4. The highest BCUT2D eigenvalue weighted by molar-refractivity contribution is 5.80. The fourth-order valence-corrected chi connectivity index (χ4v) is 1.39. The second-order valence-corrected chi connectivity index (χ2v) is 3.69. The number of hydrogen-bond acceptors (Lipinski definition) is 4.